The van der Waals surface area contributed by atoms with Gasteiger partial charge in [-0.3, -0.25) is 14.2 Å². The SMILES string of the molecule is CCC[C@H](C)NC(=O)Cn1cnc2cc(OC)c(OC)cc2c1=O. The van der Waals surface area contributed by atoms with Crippen LogP contribution in [0.2, 0.25) is 0 Å². The summed E-state index contributed by atoms with van der Waals surface area (Å²) < 4.78 is 11.7. The molecule has 1 N–H and O–H groups in total. The summed E-state index contributed by atoms with van der Waals surface area (Å²) in [7, 11) is 3.02. The van der Waals surface area contributed by atoms with Gasteiger partial charge in [-0.2, -0.15) is 0 Å². The van der Waals surface area contributed by atoms with E-state index in [0.29, 0.717) is 22.4 Å². The van der Waals surface area contributed by atoms with Crippen LogP contribution < -0.4 is 20.3 Å². The standard InChI is InChI=1S/C17H23N3O4/c1-5-6-11(2)19-16(21)9-20-10-18-13-8-15(24-4)14(23-3)7-12(13)17(20)22/h7-8,10-11H,5-6,9H2,1-4H3,(H,19,21)/t11-/m0/s1. The fourth-order valence-electron chi connectivity index (χ4n) is 2.58. The number of nitrogens with one attached hydrogen (secondary N) is 1. The molecule has 24 heavy (non-hydrogen) atoms. The quantitative estimate of drug-likeness (QED) is 0.834. The Morgan fingerprint density at radius 2 is 1.96 bits per heavy atom. The molecule has 7 heteroatoms. The highest BCUT2D eigenvalue weighted by Gasteiger charge is 2.13. The van der Waals surface area contributed by atoms with Crippen LogP contribution in [0.1, 0.15) is 26.7 Å². The predicted octanol–water partition coefficient (Wildman–Crippen LogP) is 1.72. The van der Waals surface area contributed by atoms with Crippen molar-refractivity contribution in [3.05, 3.63) is 28.8 Å². The monoisotopic (exact) mass is 333 g/mol. The second-order valence-corrected chi connectivity index (χ2v) is 5.66. The first-order valence-electron chi connectivity index (χ1n) is 7.90. The van der Waals surface area contributed by atoms with Crippen molar-refractivity contribution in [2.45, 2.75) is 39.3 Å². The molecule has 0 aliphatic rings. The van der Waals surface area contributed by atoms with E-state index in [0.717, 1.165) is 12.8 Å². The van der Waals surface area contributed by atoms with Gasteiger partial charge in [-0.05, 0) is 19.4 Å². The summed E-state index contributed by atoms with van der Waals surface area (Å²) in [5.41, 5.74) is 0.202. The van der Waals surface area contributed by atoms with Crippen LogP contribution in [0, 0.1) is 0 Å². The fourth-order valence-corrected chi connectivity index (χ4v) is 2.58. The number of hydrogen-bond acceptors (Lipinski definition) is 5. The van der Waals surface area contributed by atoms with E-state index in [1.807, 2.05) is 6.92 Å². The van der Waals surface area contributed by atoms with Gasteiger partial charge in [0.1, 0.15) is 6.54 Å². The van der Waals surface area contributed by atoms with Gasteiger partial charge in [0.2, 0.25) is 5.91 Å². The van der Waals surface area contributed by atoms with Crippen LogP contribution in [0.3, 0.4) is 0 Å². The average Bonchev–Trinajstić information content (AvgIpc) is 2.56. The van der Waals surface area contributed by atoms with E-state index in [4.69, 9.17) is 9.47 Å². The molecule has 0 spiro atoms. The summed E-state index contributed by atoms with van der Waals surface area (Å²) in [6.45, 7) is 3.94. The number of carbonyl (C=O) groups is 1. The highest BCUT2D eigenvalue weighted by Crippen LogP contribution is 2.29. The van der Waals surface area contributed by atoms with Gasteiger partial charge < -0.3 is 14.8 Å². The van der Waals surface area contributed by atoms with Crippen LogP contribution in [0.4, 0.5) is 0 Å². The Kier molecular flexibility index (Phi) is 5.78. The van der Waals surface area contributed by atoms with Gasteiger partial charge in [0.05, 0.1) is 31.4 Å². The molecule has 0 unspecified atom stereocenters. The Labute approximate surface area is 140 Å². The van der Waals surface area contributed by atoms with Crippen molar-refractivity contribution < 1.29 is 14.3 Å². The zero-order valence-corrected chi connectivity index (χ0v) is 14.5. The molecule has 0 aliphatic carbocycles. The summed E-state index contributed by atoms with van der Waals surface area (Å²) >= 11 is 0. The second kappa shape index (κ2) is 7.81. The number of aromatic nitrogens is 2. The van der Waals surface area contributed by atoms with E-state index in [9.17, 15) is 9.59 Å². The van der Waals surface area contributed by atoms with E-state index >= 15 is 0 Å². The number of hydrogen-bond donors (Lipinski definition) is 1. The molecule has 0 radical (unpaired) electrons. The summed E-state index contributed by atoms with van der Waals surface area (Å²) in [6.07, 6.45) is 3.26. The van der Waals surface area contributed by atoms with Gasteiger partial charge in [-0.1, -0.05) is 13.3 Å². The van der Waals surface area contributed by atoms with Crippen molar-refractivity contribution in [3.63, 3.8) is 0 Å². The molecule has 1 amide bonds. The van der Waals surface area contributed by atoms with E-state index in [1.165, 1.54) is 25.1 Å². The smallest absolute Gasteiger partial charge is 0.261 e. The maximum absolute atomic E-state index is 12.6. The average molecular weight is 333 g/mol. The number of methoxy groups -OCH3 is 2. The van der Waals surface area contributed by atoms with E-state index in [2.05, 4.69) is 17.2 Å². The molecule has 1 aromatic heterocycles. The van der Waals surface area contributed by atoms with Crippen molar-refractivity contribution in [2.24, 2.45) is 0 Å². The number of ether oxygens (including phenoxy) is 2. The Bertz CT molecular complexity index is 785. The van der Waals surface area contributed by atoms with Gasteiger partial charge in [-0.25, -0.2) is 4.98 Å². The summed E-state index contributed by atoms with van der Waals surface area (Å²) in [4.78, 5) is 28.9. The number of carbonyl (C=O) groups excluding carboxylic acids is 1. The number of fused-ring (bicyclic) bond motifs is 1. The lowest BCUT2D eigenvalue weighted by Gasteiger charge is -2.14. The molecular formula is C17H23N3O4. The first kappa shape index (κ1) is 17.8. The highest BCUT2D eigenvalue weighted by molar-refractivity contribution is 5.82. The first-order valence-corrected chi connectivity index (χ1v) is 7.90. The molecule has 130 valence electrons. The lowest BCUT2D eigenvalue weighted by atomic mass is 10.2. The van der Waals surface area contributed by atoms with E-state index < -0.39 is 0 Å². The molecule has 1 heterocycles. The molecule has 1 aromatic carbocycles. The van der Waals surface area contributed by atoms with Gasteiger partial charge in [0, 0.05) is 12.1 Å². The topological polar surface area (TPSA) is 82.5 Å². The summed E-state index contributed by atoms with van der Waals surface area (Å²) in [5.74, 6) is 0.739. The third-order valence-corrected chi connectivity index (χ3v) is 3.77. The minimum absolute atomic E-state index is 0.0653. The van der Waals surface area contributed by atoms with Crippen LogP contribution in [-0.4, -0.2) is 35.7 Å². The van der Waals surface area contributed by atoms with Crippen LogP contribution in [0.15, 0.2) is 23.3 Å². The van der Waals surface area contributed by atoms with Crippen LogP contribution in [0.5, 0.6) is 11.5 Å². The Balaban J connectivity index is 2.31. The molecule has 0 aliphatic heterocycles. The Morgan fingerprint density at radius 1 is 1.29 bits per heavy atom. The Morgan fingerprint density at radius 3 is 2.58 bits per heavy atom. The molecule has 0 fully saturated rings. The van der Waals surface area contributed by atoms with Crippen molar-refractivity contribution in [2.75, 3.05) is 14.2 Å². The van der Waals surface area contributed by atoms with Crippen molar-refractivity contribution in [1.82, 2.24) is 14.9 Å². The third-order valence-electron chi connectivity index (χ3n) is 3.77. The van der Waals surface area contributed by atoms with E-state index in [-0.39, 0.29) is 24.1 Å². The molecule has 0 saturated heterocycles. The van der Waals surface area contributed by atoms with E-state index in [1.54, 1.807) is 12.1 Å². The molecule has 2 aromatic rings. The van der Waals surface area contributed by atoms with Crippen LogP contribution in [0.25, 0.3) is 10.9 Å². The zero-order valence-electron chi connectivity index (χ0n) is 14.5. The van der Waals surface area contributed by atoms with Gasteiger partial charge >= 0.3 is 0 Å². The van der Waals surface area contributed by atoms with Crippen molar-refractivity contribution >= 4 is 16.8 Å². The van der Waals surface area contributed by atoms with Gasteiger partial charge in [-0.15, -0.1) is 0 Å². The Hall–Kier alpha value is -2.57. The lowest BCUT2D eigenvalue weighted by molar-refractivity contribution is -0.122. The second-order valence-electron chi connectivity index (χ2n) is 5.66. The largest absolute Gasteiger partial charge is 0.493 e. The van der Waals surface area contributed by atoms with Crippen molar-refractivity contribution in [3.8, 4) is 11.5 Å². The number of nitrogens with zero attached hydrogens (tertiary/aromatic N) is 2. The van der Waals surface area contributed by atoms with Crippen LogP contribution in [-0.2, 0) is 11.3 Å². The number of rotatable bonds is 7. The fraction of sp³-hybridized carbons (Fsp3) is 0.471. The molecule has 2 rings (SSSR count). The minimum atomic E-state index is -0.292. The molecule has 7 nitrogen and oxygen atoms in total. The highest BCUT2D eigenvalue weighted by atomic mass is 16.5. The van der Waals surface area contributed by atoms with Gasteiger partial charge in [0.15, 0.2) is 11.5 Å². The zero-order chi connectivity index (χ0) is 17.7. The number of benzene rings is 1. The molecular weight excluding hydrogens is 310 g/mol. The normalized spacial score (nSPS) is 12.0. The lowest BCUT2D eigenvalue weighted by Crippen LogP contribution is -2.37. The predicted molar refractivity (Wildman–Crippen MR) is 91.6 cm³/mol. The maximum atomic E-state index is 12.6. The van der Waals surface area contributed by atoms with Crippen molar-refractivity contribution in [1.29, 1.82) is 0 Å². The van der Waals surface area contributed by atoms with Gasteiger partial charge in [0.25, 0.3) is 5.56 Å². The third kappa shape index (κ3) is 3.84. The minimum Gasteiger partial charge on any atom is -0.493 e. The van der Waals surface area contributed by atoms with Crippen LogP contribution >= 0.6 is 0 Å². The molecule has 0 bridgehead atoms. The molecule has 1 atom stereocenters. The summed E-state index contributed by atoms with van der Waals surface area (Å²) in [5, 5.41) is 3.25. The maximum Gasteiger partial charge on any atom is 0.261 e. The molecule has 0 saturated carbocycles. The first-order chi connectivity index (χ1) is 11.5. The number of amides is 1. The summed E-state index contributed by atoms with van der Waals surface area (Å²) in [6, 6.07) is 3.30.